The van der Waals surface area contributed by atoms with Crippen LogP contribution >= 0.6 is 0 Å². The third-order valence-corrected chi connectivity index (χ3v) is 4.03. The Bertz CT molecular complexity index is 684. The van der Waals surface area contributed by atoms with E-state index in [0.717, 1.165) is 22.6 Å². The molecule has 0 saturated carbocycles. The molecule has 0 aliphatic carbocycles. The highest BCUT2D eigenvalue weighted by Crippen LogP contribution is 2.34. The largest absolute Gasteiger partial charge is 0.486 e. The SMILES string of the molecule is NC(c1ccc2c(c1)COC2)c1ccc2c(c1)OCCO2. The van der Waals surface area contributed by atoms with E-state index in [2.05, 4.69) is 18.2 Å². The van der Waals surface area contributed by atoms with Gasteiger partial charge in [-0.3, -0.25) is 0 Å². The van der Waals surface area contributed by atoms with E-state index in [0.29, 0.717) is 26.4 Å². The van der Waals surface area contributed by atoms with Gasteiger partial charge >= 0.3 is 0 Å². The van der Waals surface area contributed by atoms with E-state index < -0.39 is 0 Å². The first-order valence-corrected chi connectivity index (χ1v) is 7.16. The van der Waals surface area contributed by atoms with Gasteiger partial charge in [0.05, 0.1) is 19.3 Å². The van der Waals surface area contributed by atoms with Crippen LogP contribution in [-0.4, -0.2) is 13.2 Å². The minimum Gasteiger partial charge on any atom is -0.486 e. The Morgan fingerprint density at radius 2 is 1.52 bits per heavy atom. The topological polar surface area (TPSA) is 53.7 Å². The molecule has 1 atom stereocenters. The van der Waals surface area contributed by atoms with Gasteiger partial charge in [0.1, 0.15) is 13.2 Å². The highest BCUT2D eigenvalue weighted by atomic mass is 16.6. The molecular weight excluding hydrogens is 266 g/mol. The van der Waals surface area contributed by atoms with Gasteiger partial charge in [-0.25, -0.2) is 0 Å². The molecule has 0 bridgehead atoms. The lowest BCUT2D eigenvalue weighted by Crippen LogP contribution is -2.17. The molecule has 2 aliphatic rings. The molecule has 108 valence electrons. The van der Waals surface area contributed by atoms with Gasteiger partial charge in [-0.05, 0) is 34.4 Å². The van der Waals surface area contributed by atoms with Gasteiger partial charge in [-0.2, -0.15) is 0 Å². The molecule has 0 amide bonds. The summed E-state index contributed by atoms with van der Waals surface area (Å²) in [6, 6.07) is 12.1. The summed E-state index contributed by atoms with van der Waals surface area (Å²) in [6.45, 7) is 2.57. The Morgan fingerprint density at radius 1 is 0.810 bits per heavy atom. The van der Waals surface area contributed by atoms with Gasteiger partial charge in [-0.15, -0.1) is 0 Å². The molecule has 2 heterocycles. The average Bonchev–Trinajstić information content (AvgIpc) is 3.01. The van der Waals surface area contributed by atoms with E-state index in [1.807, 2.05) is 18.2 Å². The second kappa shape index (κ2) is 5.06. The lowest BCUT2D eigenvalue weighted by Gasteiger charge is -2.21. The maximum absolute atomic E-state index is 6.41. The molecule has 4 rings (SSSR count). The molecule has 0 spiro atoms. The Balaban J connectivity index is 1.66. The Labute approximate surface area is 123 Å². The molecule has 1 unspecified atom stereocenters. The fraction of sp³-hybridized carbons (Fsp3) is 0.294. The van der Waals surface area contributed by atoms with Crippen LogP contribution in [0.3, 0.4) is 0 Å². The zero-order valence-corrected chi connectivity index (χ0v) is 11.7. The molecular formula is C17H17NO3. The molecule has 0 fully saturated rings. The number of nitrogens with two attached hydrogens (primary N) is 1. The zero-order chi connectivity index (χ0) is 14.2. The maximum Gasteiger partial charge on any atom is 0.161 e. The van der Waals surface area contributed by atoms with Crippen molar-refractivity contribution >= 4 is 0 Å². The van der Waals surface area contributed by atoms with E-state index in [4.69, 9.17) is 19.9 Å². The van der Waals surface area contributed by atoms with Crippen LogP contribution < -0.4 is 15.2 Å². The molecule has 2 aromatic carbocycles. The normalized spacial score (nSPS) is 17.4. The first-order chi connectivity index (χ1) is 10.3. The molecule has 2 aromatic rings. The summed E-state index contributed by atoms with van der Waals surface area (Å²) in [5.41, 5.74) is 11.0. The van der Waals surface area contributed by atoms with Gasteiger partial charge in [0, 0.05) is 0 Å². The van der Waals surface area contributed by atoms with Crippen molar-refractivity contribution < 1.29 is 14.2 Å². The summed E-state index contributed by atoms with van der Waals surface area (Å²) in [7, 11) is 0. The lowest BCUT2D eigenvalue weighted by atomic mass is 9.96. The summed E-state index contributed by atoms with van der Waals surface area (Å²) in [5, 5.41) is 0. The van der Waals surface area contributed by atoms with Crippen LogP contribution in [0.1, 0.15) is 28.3 Å². The summed E-state index contributed by atoms with van der Waals surface area (Å²) in [4.78, 5) is 0. The Morgan fingerprint density at radius 3 is 2.43 bits per heavy atom. The van der Waals surface area contributed by atoms with E-state index in [1.165, 1.54) is 11.1 Å². The van der Waals surface area contributed by atoms with Crippen molar-refractivity contribution in [1.82, 2.24) is 0 Å². The van der Waals surface area contributed by atoms with Gasteiger partial charge in [0.2, 0.25) is 0 Å². The molecule has 4 heteroatoms. The third kappa shape index (κ3) is 2.26. The van der Waals surface area contributed by atoms with Crippen molar-refractivity contribution in [2.24, 2.45) is 5.73 Å². The quantitative estimate of drug-likeness (QED) is 0.920. The molecule has 2 aliphatic heterocycles. The van der Waals surface area contributed by atoms with Crippen molar-refractivity contribution in [3.8, 4) is 11.5 Å². The van der Waals surface area contributed by atoms with Crippen molar-refractivity contribution in [3.63, 3.8) is 0 Å². The van der Waals surface area contributed by atoms with Crippen molar-refractivity contribution in [2.45, 2.75) is 19.3 Å². The van der Waals surface area contributed by atoms with Crippen LogP contribution in [0, 0.1) is 0 Å². The Hall–Kier alpha value is -2.04. The predicted molar refractivity (Wildman–Crippen MR) is 78.4 cm³/mol. The van der Waals surface area contributed by atoms with Crippen LogP contribution in [0.4, 0.5) is 0 Å². The van der Waals surface area contributed by atoms with Crippen LogP contribution in [-0.2, 0) is 18.0 Å². The summed E-state index contributed by atoms with van der Waals surface area (Å²) in [5.74, 6) is 1.57. The van der Waals surface area contributed by atoms with Gasteiger partial charge in [-0.1, -0.05) is 24.3 Å². The van der Waals surface area contributed by atoms with Crippen LogP contribution in [0.15, 0.2) is 36.4 Å². The van der Waals surface area contributed by atoms with Crippen LogP contribution in [0.2, 0.25) is 0 Å². The van der Waals surface area contributed by atoms with Gasteiger partial charge in [0.25, 0.3) is 0 Å². The van der Waals surface area contributed by atoms with E-state index in [9.17, 15) is 0 Å². The number of fused-ring (bicyclic) bond motifs is 2. The number of rotatable bonds is 2. The van der Waals surface area contributed by atoms with Gasteiger partial charge in [0.15, 0.2) is 11.5 Å². The van der Waals surface area contributed by atoms with E-state index >= 15 is 0 Å². The maximum atomic E-state index is 6.41. The van der Waals surface area contributed by atoms with Crippen molar-refractivity contribution in [1.29, 1.82) is 0 Å². The third-order valence-electron chi connectivity index (χ3n) is 4.03. The van der Waals surface area contributed by atoms with Crippen LogP contribution in [0.25, 0.3) is 0 Å². The zero-order valence-electron chi connectivity index (χ0n) is 11.7. The van der Waals surface area contributed by atoms with Crippen molar-refractivity contribution in [3.05, 3.63) is 58.7 Å². The minimum atomic E-state index is -0.174. The highest BCUT2D eigenvalue weighted by Gasteiger charge is 2.18. The van der Waals surface area contributed by atoms with E-state index in [-0.39, 0.29) is 6.04 Å². The highest BCUT2D eigenvalue weighted by molar-refractivity contribution is 5.47. The smallest absolute Gasteiger partial charge is 0.161 e. The minimum absolute atomic E-state index is 0.174. The fourth-order valence-electron chi connectivity index (χ4n) is 2.83. The molecule has 21 heavy (non-hydrogen) atoms. The molecule has 0 aromatic heterocycles. The Kier molecular flexibility index (Phi) is 3.05. The molecule has 4 nitrogen and oxygen atoms in total. The number of ether oxygens (including phenoxy) is 3. The predicted octanol–water partition coefficient (Wildman–Crippen LogP) is 2.54. The second-order valence-corrected chi connectivity index (χ2v) is 5.40. The monoisotopic (exact) mass is 283 g/mol. The number of hydrogen-bond donors (Lipinski definition) is 1. The summed E-state index contributed by atoms with van der Waals surface area (Å²) >= 11 is 0. The molecule has 0 radical (unpaired) electrons. The summed E-state index contributed by atoms with van der Waals surface area (Å²) < 4.78 is 16.6. The average molecular weight is 283 g/mol. The van der Waals surface area contributed by atoms with Crippen LogP contribution in [0.5, 0.6) is 11.5 Å². The first kappa shape index (κ1) is 12.7. The number of hydrogen-bond acceptors (Lipinski definition) is 4. The second-order valence-electron chi connectivity index (χ2n) is 5.40. The van der Waals surface area contributed by atoms with Crippen molar-refractivity contribution in [2.75, 3.05) is 13.2 Å². The van der Waals surface area contributed by atoms with E-state index in [1.54, 1.807) is 0 Å². The molecule has 2 N–H and O–H groups in total. The standard InChI is InChI=1S/C17H17NO3/c18-17(11-1-2-13-9-19-10-14(13)7-11)12-3-4-15-16(8-12)21-6-5-20-15/h1-4,7-8,17H,5-6,9-10,18H2. The van der Waals surface area contributed by atoms with Gasteiger partial charge < -0.3 is 19.9 Å². The lowest BCUT2D eigenvalue weighted by molar-refractivity contribution is 0.134. The fourth-order valence-corrected chi connectivity index (χ4v) is 2.83. The number of benzene rings is 2. The first-order valence-electron chi connectivity index (χ1n) is 7.16. The molecule has 0 saturated heterocycles. The summed E-state index contributed by atoms with van der Waals surface area (Å²) in [6.07, 6.45) is 0.